The van der Waals surface area contributed by atoms with Crippen molar-refractivity contribution < 1.29 is 22.3 Å². The van der Waals surface area contributed by atoms with E-state index in [1.807, 2.05) is 17.2 Å². The Hall–Kier alpha value is -3.13. The Bertz CT molecular complexity index is 1510. The Morgan fingerprint density at radius 1 is 1.07 bits per heavy atom. The standard InChI is InChI=1S/C28H36FN7O4S/c1-17(2)20-4-5-24(36-12-18(13-36)34-41(37,38)19-15-40-16-19)22-11-31-27(10-21(20)22)32-26-6-8-30-28(33-26)35-9-7-25(39-3)23(29)14-35/h4-6,8,10-11,17-19,23,25,34H,7,9,12-16H2,1-3H3,(H,30,31,32,33). The van der Waals surface area contributed by atoms with Gasteiger partial charge < -0.3 is 24.6 Å². The molecule has 2 aromatic heterocycles. The third-order valence-corrected chi connectivity index (χ3v) is 9.91. The molecule has 11 nitrogen and oxygen atoms in total. The number of anilines is 4. The minimum atomic E-state index is -3.36. The largest absolute Gasteiger partial charge is 0.378 e. The first-order chi connectivity index (χ1) is 19.7. The maximum atomic E-state index is 14.5. The number of rotatable bonds is 9. The van der Waals surface area contributed by atoms with Crippen LogP contribution in [0, 0.1) is 0 Å². The van der Waals surface area contributed by atoms with Crippen molar-refractivity contribution in [2.75, 3.05) is 61.6 Å². The first-order valence-electron chi connectivity index (χ1n) is 14.0. The minimum Gasteiger partial charge on any atom is -0.378 e. The molecule has 3 aliphatic heterocycles. The van der Waals surface area contributed by atoms with E-state index in [1.54, 1.807) is 12.3 Å². The molecule has 220 valence electrons. The molecule has 0 aliphatic carbocycles. The number of nitrogens with zero attached hydrogens (tertiary/aromatic N) is 5. The molecular formula is C28H36FN7O4S. The SMILES string of the molecule is COC1CCN(c2nccc(Nc3cc4c(C(C)C)ccc(N5CC(NS(=O)(=O)C6COC6)C5)c4cn3)n2)CC1F. The Morgan fingerprint density at radius 2 is 1.88 bits per heavy atom. The molecule has 0 radical (unpaired) electrons. The van der Waals surface area contributed by atoms with E-state index < -0.39 is 27.5 Å². The van der Waals surface area contributed by atoms with Crippen LogP contribution < -0.4 is 19.8 Å². The number of alkyl halides is 1. The lowest BCUT2D eigenvalue weighted by molar-refractivity contribution is 0.0194. The Balaban J connectivity index is 1.20. The molecule has 0 bridgehead atoms. The van der Waals surface area contributed by atoms with E-state index in [2.05, 4.69) is 55.9 Å². The molecule has 3 fully saturated rings. The summed E-state index contributed by atoms with van der Waals surface area (Å²) in [5.41, 5.74) is 2.21. The average Bonchev–Trinajstić information content (AvgIpc) is 2.88. The molecule has 0 spiro atoms. The van der Waals surface area contributed by atoms with Gasteiger partial charge in [0.05, 0.1) is 31.9 Å². The summed E-state index contributed by atoms with van der Waals surface area (Å²) in [4.78, 5) is 17.7. The van der Waals surface area contributed by atoms with Crippen molar-refractivity contribution in [1.29, 1.82) is 0 Å². The topological polar surface area (TPSA) is 122 Å². The zero-order valence-corrected chi connectivity index (χ0v) is 24.3. The Labute approximate surface area is 239 Å². The summed E-state index contributed by atoms with van der Waals surface area (Å²) in [6, 6.07) is 7.89. The van der Waals surface area contributed by atoms with Crippen molar-refractivity contribution in [3.63, 3.8) is 0 Å². The van der Waals surface area contributed by atoms with Gasteiger partial charge in [0.2, 0.25) is 16.0 Å². The number of sulfonamides is 1. The van der Waals surface area contributed by atoms with Gasteiger partial charge in [0.25, 0.3) is 0 Å². The van der Waals surface area contributed by atoms with Gasteiger partial charge in [-0.15, -0.1) is 0 Å². The molecule has 2 unspecified atom stereocenters. The number of nitrogens with one attached hydrogen (secondary N) is 2. The molecule has 41 heavy (non-hydrogen) atoms. The monoisotopic (exact) mass is 585 g/mol. The molecule has 2 N–H and O–H groups in total. The fourth-order valence-electron chi connectivity index (χ4n) is 5.60. The number of pyridine rings is 1. The summed E-state index contributed by atoms with van der Waals surface area (Å²) in [6.07, 6.45) is 2.59. The van der Waals surface area contributed by atoms with Crippen molar-refractivity contribution in [1.82, 2.24) is 19.7 Å². The van der Waals surface area contributed by atoms with Crippen LogP contribution in [0.25, 0.3) is 10.8 Å². The molecular weight excluding hydrogens is 549 g/mol. The summed E-state index contributed by atoms with van der Waals surface area (Å²) >= 11 is 0. The Morgan fingerprint density at radius 3 is 2.56 bits per heavy atom. The number of hydrogen-bond acceptors (Lipinski definition) is 10. The molecule has 3 aliphatic rings. The van der Waals surface area contributed by atoms with Gasteiger partial charge in [-0.25, -0.2) is 27.5 Å². The molecule has 3 saturated heterocycles. The summed E-state index contributed by atoms with van der Waals surface area (Å²) in [6.45, 7) is 6.81. The van der Waals surface area contributed by atoms with Crippen LogP contribution in [0.5, 0.6) is 0 Å². The van der Waals surface area contributed by atoms with Crippen LogP contribution in [0.3, 0.4) is 0 Å². The van der Waals surface area contributed by atoms with Gasteiger partial charge in [-0.2, -0.15) is 4.98 Å². The smallest absolute Gasteiger partial charge is 0.227 e. The maximum Gasteiger partial charge on any atom is 0.227 e. The van der Waals surface area contributed by atoms with Crippen LogP contribution in [0.15, 0.2) is 36.7 Å². The number of benzene rings is 1. The first-order valence-corrected chi connectivity index (χ1v) is 15.5. The molecule has 0 saturated carbocycles. The van der Waals surface area contributed by atoms with E-state index in [0.29, 0.717) is 43.6 Å². The molecule has 0 amide bonds. The molecule has 5 heterocycles. The summed E-state index contributed by atoms with van der Waals surface area (Å²) in [5.74, 6) is 1.96. The number of methoxy groups -OCH3 is 1. The third-order valence-electron chi connectivity index (χ3n) is 8.10. The lowest BCUT2D eigenvalue weighted by Crippen LogP contribution is -2.62. The number of halogens is 1. The summed E-state index contributed by atoms with van der Waals surface area (Å²) in [7, 11) is -1.82. The van der Waals surface area contributed by atoms with Gasteiger partial charge >= 0.3 is 0 Å². The van der Waals surface area contributed by atoms with Crippen molar-refractivity contribution >= 4 is 44.1 Å². The van der Waals surface area contributed by atoms with Crippen LogP contribution in [-0.4, -0.2) is 93.4 Å². The summed E-state index contributed by atoms with van der Waals surface area (Å²) in [5, 5.41) is 4.92. The molecule has 6 rings (SSSR count). The lowest BCUT2D eigenvalue weighted by atomic mass is 9.94. The number of piperidine rings is 1. The van der Waals surface area contributed by atoms with Crippen LogP contribution in [0.4, 0.5) is 27.7 Å². The fourth-order valence-corrected chi connectivity index (χ4v) is 6.95. The van der Waals surface area contributed by atoms with Crippen molar-refractivity contribution in [2.45, 2.75) is 49.8 Å². The molecule has 13 heteroatoms. The summed E-state index contributed by atoms with van der Waals surface area (Å²) < 4.78 is 52.5. The highest BCUT2D eigenvalue weighted by Gasteiger charge is 2.38. The zero-order chi connectivity index (χ0) is 28.7. The van der Waals surface area contributed by atoms with Gasteiger partial charge in [0.1, 0.15) is 23.1 Å². The van der Waals surface area contributed by atoms with E-state index in [9.17, 15) is 12.8 Å². The van der Waals surface area contributed by atoms with Crippen molar-refractivity contribution in [3.8, 4) is 0 Å². The first kappa shape index (κ1) is 28.0. The molecule has 1 aromatic carbocycles. The highest BCUT2D eigenvalue weighted by atomic mass is 32.2. The number of ether oxygens (including phenoxy) is 2. The van der Waals surface area contributed by atoms with Crippen LogP contribution in [-0.2, 0) is 19.5 Å². The maximum absolute atomic E-state index is 14.5. The van der Waals surface area contributed by atoms with E-state index in [1.165, 1.54) is 12.7 Å². The fraction of sp³-hybridized carbons (Fsp3) is 0.536. The highest BCUT2D eigenvalue weighted by Crippen LogP contribution is 2.36. The van der Waals surface area contributed by atoms with Gasteiger partial charge in [-0.3, -0.25) is 0 Å². The van der Waals surface area contributed by atoms with Crippen LogP contribution in [0.2, 0.25) is 0 Å². The van der Waals surface area contributed by atoms with Gasteiger partial charge in [-0.1, -0.05) is 19.9 Å². The highest BCUT2D eigenvalue weighted by molar-refractivity contribution is 7.90. The van der Waals surface area contributed by atoms with E-state index in [-0.39, 0.29) is 31.7 Å². The van der Waals surface area contributed by atoms with Gasteiger partial charge in [-0.05, 0) is 41.5 Å². The van der Waals surface area contributed by atoms with E-state index in [0.717, 1.165) is 16.5 Å². The predicted molar refractivity (Wildman–Crippen MR) is 156 cm³/mol. The van der Waals surface area contributed by atoms with Crippen LogP contribution >= 0.6 is 0 Å². The molecule has 2 atom stereocenters. The quantitative estimate of drug-likeness (QED) is 0.388. The van der Waals surface area contributed by atoms with Crippen molar-refractivity contribution in [3.05, 3.63) is 42.2 Å². The normalized spacial score (nSPS) is 22.2. The minimum absolute atomic E-state index is 0.130. The second-order valence-electron chi connectivity index (χ2n) is 11.3. The van der Waals surface area contributed by atoms with Crippen molar-refractivity contribution in [2.24, 2.45) is 0 Å². The lowest BCUT2D eigenvalue weighted by Gasteiger charge is -2.42. The number of fused-ring (bicyclic) bond motifs is 1. The average molecular weight is 586 g/mol. The van der Waals surface area contributed by atoms with Gasteiger partial charge in [0, 0.05) is 50.2 Å². The number of hydrogen-bond donors (Lipinski definition) is 2. The predicted octanol–water partition coefficient (Wildman–Crippen LogP) is 2.96. The second-order valence-corrected chi connectivity index (χ2v) is 13.3. The number of aromatic nitrogens is 3. The zero-order valence-electron chi connectivity index (χ0n) is 23.5. The third kappa shape index (κ3) is 5.68. The van der Waals surface area contributed by atoms with Gasteiger partial charge in [0.15, 0.2) is 0 Å². The van der Waals surface area contributed by atoms with Crippen LogP contribution in [0.1, 0.15) is 31.7 Å². The van der Waals surface area contributed by atoms with E-state index >= 15 is 0 Å². The molecule has 3 aromatic rings. The van der Waals surface area contributed by atoms with E-state index in [4.69, 9.17) is 9.47 Å². The second kappa shape index (κ2) is 11.3. The Kier molecular flexibility index (Phi) is 7.70.